The van der Waals surface area contributed by atoms with E-state index in [9.17, 15) is 13.2 Å². The molecule has 1 aromatic carbocycles. The van der Waals surface area contributed by atoms with Crippen LogP contribution in [0.25, 0.3) is 22.2 Å². The van der Waals surface area contributed by atoms with Gasteiger partial charge in [-0.15, -0.1) is 0 Å². The molecule has 3 aromatic rings. The number of aromatic amines is 1. The summed E-state index contributed by atoms with van der Waals surface area (Å²) in [5.74, 6) is 1.25. The summed E-state index contributed by atoms with van der Waals surface area (Å²) >= 11 is 0. The van der Waals surface area contributed by atoms with Gasteiger partial charge >= 0.3 is 6.18 Å². The molecule has 124 valence electrons. The zero-order valence-electron chi connectivity index (χ0n) is 12.7. The molecular formula is C18H15F3N2O. The van der Waals surface area contributed by atoms with Gasteiger partial charge in [-0.25, -0.2) is 0 Å². The predicted molar refractivity (Wildman–Crippen MR) is 84.8 cm³/mol. The SMILES string of the molecule is FC(F)(F)c1ccc2[nH]c(-c3ccncc3OCC3CC3)cc2c1. The van der Waals surface area contributed by atoms with Gasteiger partial charge in [0.15, 0.2) is 0 Å². The molecule has 3 nitrogen and oxygen atoms in total. The summed E-state index contributed by atoms with van der Waals surface area (Å²) in [5, 5.41) is 0.518. The maximum absolute atomic E-state index is 12.9. The Balaban J connectivity index is 1.71. The van der Waals surface area contributed by atoms with Crippen molar-refractivity contribution in [2.75, 3.05) is 6.61 Å². The molecule has 1 N–H and O–H groups in total. The first kappa shape index (κ1) is 15.1. The first-order valence-corrected chi connectivity index (χ1v) is 7.78. The van der Waals surface area contributed by atoms with Gasteiger partial charge in [-0.3, -0.25) is 4.98 Å². The Labute approximate surface area is 136 Å². The van der Waals surface area contributed by atoms with Crippen molar-refractivity contribution in [1.29, 1.82) is 0 Å². The van der Waals surface area contributed by atoms with Crippen LogP contribution in [-0.2, 0) is 6.18 Å². The van der Waals surface area contributed by atoms with Crippen molar-refractivity contribution in [2.45, 2.75) is 19.0 Å². The second-order valence-corrected chi connectivity index (χ2v) is 6.11. The Bertz CT molecular complexity index is 881. The molecule has 0 atom stereocenters. The summed E-state index contributed by atoms with van der Waals surface area (Å²) in [7, 11) is 0. The number of pyridine rings is 1. The number of hydrogen-bond acceptors (Lipinski definition) is 2. The first-order chi connectivity index (χ1) is 11.5. The molecule has 2 aromatic heterocycles. The van der Waals surface area contributed by atoms with Crippen molar-refractivity contribution in [3.05, 3.63) is 48.3 Å². The molecule has 0 amide bonds. The third-order valence-electron chi connectivity index (χ3n) is 4.19. The third-order valence-corrected chi connectivity index (χ3v) is 4.19. The normalized spacial score (nSPS) is 15.0. The third kappa shape index (κ3) is 2.96. The van der Waals surface area contributed by atoms with Crippen molar-refractivity contribution in [3.8, 4) is 17.0 Å². The lowest BCUT2D eigenvalue weighted by molar-refractivity contribution is -0.137. The number of alkyl halides is 3. The number of hydrogen-bond donors (Lipinski definition) is 1. The summed E-state index contributed by atoms with van der Waals surface area (Å²) in [5.41, 5.74) is 1.52. The smallest absolute Gasteiger partial charge is 0.416 e. The number of nitrogens with one attached hydrogen (secondary N) is 1. The van der Waals surface area contributed by atoms with Crippen LogP contribution in [0.1, 0.15) is 18.4 Å². The van der Waals surface area contributed by atoms with Crippen LogP contribution in [0.3, 0.4) is 0 Å². The Morgan fingerprint density at radius 2 is 2.00 bits per heavy atom. The van der Waals surface area contributed by atoms with Gasteiger partial charge in [-0.05, 0) is 49.1 Å². The monoisotopic (exact) mass is 332 g/mol. The molecule has 0 aliphatic heterocycles. The molecule has 0 radical (unpaired) electrons. The van der Waals surface area contributed by atoms with E-state index in [1.54, 1.807) is 24.5 Å². The molecule has 4 rings (SSSR count). The van der Waals surface area contributed by atoms with Crippen LogP contribution < -0.4 is 4.74 Å². The number of rotatable bonds is 4. The molecule has 1 aliphatic rings. The summed E-state index contributed by atoms with van der Waals surface area (Å²) < 4.78 is 44.4. The number of halogens is 3. The number of ether oxygens (including phenoxy) is 1. The maximum atomic E-state index is 12.9. The number of nitrogens with zero attached hydrogens (tertiary/aromatic N) is 1. The van der Waals surface area contributed by atoms with E-state index in [0.29, 0.717) is 29.2 Å². The standard InChI is InChI=1S/C18H15F3N2O/c19-18(20,21)13-3-4-15-12(7-13)8-16(23-15)14-5-6-22-9-17(14)24-10-11-1-2-11/h3-9,11,23H,1-2,10H2. The Morgan fingerprint density at radius 3 is 2.75 bits per heavy atom. The van der Waals surface area contributed by atoms with Crippen molar-refractivity contribution >= 4 is 10.9 Å². The lowest BCUT2D eigenvalue weighted by Crippen LogP contribution is -2.03. The Morgan fingerprint density at radius 1 is 1.17 bits per heavy atom. The van der Waals surface area contributed by atoms with Gasteiger partial charge in [0, 0.05) is 22.7 Å². The second-order valence-electron chi connectivity index (χ2n) is 6.11. The number of benzene rings is 1. The fourth-order valence-corrected chi connectivity index (χ4v) is 2.66. The molecule has 0 bridgehead atoms. The van der Waals surface area contributed by atoms with E-state index in [4.69, 9.17) is 4.74 Å². The zero-order chi connectivity index (χ0) is 16.7. The van der Waals surface area contributed by atoms with Crippen LogP contribution >= 0.6 is 0 Å². The Hall–Kier alpha value is -2.50. The van der Waals surface area contributed by atoms with Crippen LogP contribution in [0, 0.1) is 5.92 Å². The summed E-state index contributed by atoms with van der Waals surface area (Å²) in [6, 6.07) is 7.20. The van der Waals surface area contributed by atoms with E-state index in [1.807, 2.05) is 0 Å². The average molecular weight is 332 g/mol. The van der Waals surface area contributed by atoms with Crippen molar-refractivity contribution in [1.82, 2.24) is 9.97 Å². The average Bonchev–Trinajstić information content (AvgIpc) is 3.28. The second kappa shape index (κ2) is 5.54. The largest absolute Gasteiger partial charge is 0.491 e. The maximum Gasteiger partial charge on any atom is 0.416 e. The van der Waals surface area contributed by atoms with Gasteiger partial charge in [-0.1, -0.05) is 0 Å². The van der Waals surface area contributed by atoms with Crippen LogP contribution in [0.15, 0.2) is 42.7 Å². The van der Waals surface area contributed by atoms with Gasteiger partial charge in [0.25, 0.3) is 0 Å². The molecule has 24 heavy (non-hydrogen) atoms. The summed E-state index contributed by atoms with van der Waals surface area (Å²) in [4.78, 5) is 7.24. The highest BCUT2D eigenvalue weighted by molar-refractivity contribution is 5.87. The van der Waals surface area contributed by atoms with Gasteiger partial charge in [-0.2, -0.15) is 13.2 Å². The topological polar surface area (TPSA) is 37.9 Å². The fraction of sp³-hybridized carbons (Fsp3) is 0.278. The van der Waals surface area contributed by atoms with Crippen molar-refractivity contribution in [2.24, 2.45) is 5.92 Å². The van der Waals surface area contributed by atoms with Gasteiger partial charge in [0.05, 0.1) is 24.1 Å². The highest BCUT2D eigenvalue weighted by Gasteiger charge is 2.30. The van der Waals surface area contributed by atoms with Crippen LogP contribution in [0.5, 0.6) is 5.75 Å². The van der Waals surface area contributed by atoms with Crippen molar-refractivity contribution in [3.63, 3.8) is 0 Å². The zero-order valence-corrected chi connectivity index (χ0v) is 12.7. The minimum absolute atomic E-state index is 0.518. The van der Waals surface area contributed by atoms with Gasteiger partial charge < -0.3 is 9.72 Å². The molecule has 1 saturated carbocycles. The lowest BCUT2D eigenvalue weighted by Gasteiger charge is -2.09. The quantitative estimate of drug-likeness (QED) is 0.727. The molecular weight excluding hydrogens is 317 g/mol. The van der Waals surface area contributed by atoms with Crippen LogP contribution in [-0.4, -0.2) is 16.6 Å². The molecule has 1 aliphatic carbocycles. The summed E-state index contributed by atoms with van der Waals surface area (Å²) in [6.07, 6.45) is 1.31. The predicted octanol–water partition coefficient (Wildman–Crippen LogP) is 5.04. The molecule has 2 heterocycles. The molecule has 0 spiro atoms. The summed E-state index contributed by atoms with van der Waals surface area (Å²) in [6.45, 7) is 0.650. The van der Waals surface area contributed by atoms with E-state index < -0.39 is 11.7 Å². The Kier molecular flexibility index (Phi) is 3.48. The number of aromatic nitrogens is 2. The van der Waals surface area contributed by atoms with E-state index in [2.05, 4.69) is 9.97 Å². The molecule has 0 saturated heterocycles. The van der Waals surface area contributed by atoms with Crippen LogP contribution in [0.2, 0.25) is 0 Å². The highest BCUT2D eigenvalue weighted by Crippen LogP contribution is 2.36. The van der Waals surface area contributed by atoms with E-state index in [0.717, 1.165) is 23.4 Å². The molecule has 6 heteroatoms. The van der Waals surface area contributed by atoms with E-state index in [1.165, 1.54) is 18.9 Å². The van der Waals surface area contributed by atoms with Crippen LogP contribution in [0.4, 0.5) is 13.2 Å². The molecule has 0 unspecified atom stereocenters. The van der Waals surface area contributed by atoms with Gasteiger partial charge in [0.1, 0.15) is 5.75 Å². The van der Waals surface area contributed by atoms with Gasteiger partial charge in [0.2, 0.25) is 0 Å². The van der Waals surface area contributed by atoms with E-state index >= 15 is 0 Å². The van der Waals surface area contributed by atoms with Crippen molar-refractivity contribution < 1.29 is 17.9 Å². The highest BCUT2D eigenvalue weighted by atomic mass is 19.4. The first-order valence-electron chi connectivity index (χ1n) is 7.78. The minimum atomic E-state index is -4.35. The number of H-pyrrole nitrogens is 1. The fourth-order valence-electron chi connectivity index (χ4n) is 2.66. The lowest BCUT2D eigenvalue weighted by atomic mass is 10.1. The minimum Gasteiger partial charge on any atom is -0.491 e. The molecule has 1 fully saturated rings. The van der Waals surface area contributed by atoms with E-state index in [-0.39, 0.29) is 0 Å². The number of fused-ring (bicyclic) bond motifs is 1.